The summed E-state index contributed by atoms with van der Waals surface area (Å²) < 4.78 is 11.5. The van der Waals surface area contributed by atoms with Crippen LogP contribution in [0.1, 0.15) is 17.5 Å². The summed E-state index contributed by atoms with van der Waals surface area (Å²) in [5.74, 6) is 1.02. The van der Waals surface area contributed by atoms with Crippen LogP contribution >= 0.6 is 0 Å². The number of ether oxygens (including phenoxy) is 2. The molecule has 0 spiro atoms. The van der Waals surface area contributed by atoms with E-state index in [2.05, 4.69) is 37.4 Å². The molecule has 1 heterocycles. The molecule has 0 aromatic heterocycles. The van der Waals surface area contributed by atoms with Gasteiger partial charge in [-0.3, -0.25) is 0 Å². The van der Waals surface area contributed by atoms with E-state index in [9.17, 15) is 0 Å². The molecule has 0 radical (unpaired) electrons. The van der Waals surface area contributed by atoms with Crippen molar-refractivity contribution in [1.82, 2.24) is 5.32 Å². The van der Waals surface area contributed by atoms with Gasteiger partial charge in [0.15, 0.2) is 0 Å². The van der Waals surface area contributed by atoms with Gasteiger partial charge >= 0.3 is 0 Å². The maximum Gasteiger partial charge on any atom is 0.125 e. The first-order valence-corrected chi connectivity index (χ1v) is 6.28. The van der Waals surface area contributed by atoms with E-state index in [4.69, 9.17) is 9.47 Å². The van der Waals surface area contributed by atoms with E-state index in [0.29, 0.717) is 6.10 Å². The maximum absolute atomic E-state index is 5.86. The third kappa shape index (κ3) is 3.45. The second kappa shape index (κ2) is 6.03. The first kappa shape index (κ1) is 12.4. The van der Waals surface area contributed by atoms with Crippen LogP contribution < -0.4 is 10.1 Å². The molecule has 1 aliphatic heterocycles. The molecule has 17 heavy (non-hydrogen) atoms. The van der Waals surface area contributed by atoms with Crippen LogP contribution in [0.2, 0.25) is 0 Å². The highest BCUT2D eigenvalue weighted by Gasteiger charge is 2.13. The summed E-state index contributed by atoms with van der Waals surface area (Å²) >= 11 is 0. The van der Waals surface area contributed by atoms with Gasteiger partial charge in [0.1, 0.15) is 5.75 Å². The average Bonchev–Trinajstić information content (AvgIpc) is 2.34. The molecule has 0 saturated carbocycles. The summed E-state index contributed by atoms with van der Waals surface area (Å²) in [6.45, 7) is 7.61. The van der Waals surface area contributed by atoms with Crippen molar-refractivity contribution < 1.29 is 9.47 Å². The molecule has 3 nitrogen and oxygen atoms in total. The zero-order valence-corrected chi connectivity index (χ0v) is 10.7. The van der Waals surface area contributed by atoms with Crippen molar-refractivity contribution in [1.29, 1.82) is 0 Å². The third-order valence-corrected chi connectivity index (χ3v) is 3.10. The monoisotopic (exact) mass is 235 g/mol. The molecule has 3 heteroatoms. The number of hydrogen-bond donors (Lipinski definition) is 1. The van der Waals surface area contributed by atoms with Crippen LogP contribution in [0.4, 0.5) is 0 Å². The SMILES string of the molecule is Cc1cccc(C)c1OCCC1CNCCO1. The van der Waals surface area contributed by atoms with E-state index in [1.165, 1.54) is 11.1 Å². The molecule has 1 fully saturated rings. The fourth-order valence-corrected chi connectivity index (χ4v) is 2.12. The third-order valence-electron chi connectivity index (χ3n) is 3.10. The topological polar surface area (TPSA) is 30.5 Å². The molecule has 0 bridgehead atoms. The molecule has 1 aliphatic rings. The Morgan fingerprint density at radius 3 is 2.76 bits per heavy atom. The van der Waals surface area contributed by atoms with Crippen molar-refractivity contribution >= 4 is 0 Å². The Morgan fingerprint density at radius 1 is 1.35 bits per heavy atom. The minimum atomic E-state index is 0.299. The molecule has 94 valence electrons. The van der Waals surface area contributed by atoms with E-state index < -0.39 is 0 Å². The fraction of sp³-hybridized carbons (Fsp3) is 0.571. The molecular weight excluding hydrogens is 214 g/mol. The summed E-state index contributed by atoms with van der Waals surface area (Å²) in [6.07, 6.45) is 1.24. The standard InChI is InChI=1S/C14H21NO2/c1-11-4-3-5-12(2)14(11)17-8-6-13-10-15-7-9-16-13/h3-5,13,15H,6-10H2,1-2H3. The highest BCUT2D eigenvalue weighted by Crippen LogP contribution is 2.22. The second-order valence-corrected chi connectivity index (χ2v) is 4.55. The van der Waals surface area contributed by atoms with Gasteiger partial charge in [-0.2, -0.15) is 0 Å². The summed E-state index contributed by atoms with van der Waals surface area (Å²) in [4.78, 5) is 0. The van der Waals surface area contributed by atoms with Crippen molar-refractivity contribution in [3.63, 3.8) is 0 Å². The minimum Gasteiger partial charge on any atom is -0.493 e. The number of hydrogen-bond acceptors (Lipinski definition) is 3. The van der Waals surface area contributed by atoms with Crippen molar-refractivity contribution in [3.8, 4) is 5.75 Å². The quantitative estimate of drug-likeness (QED) is 0.866. The van der Waals surface area contributed by atoms with E-state index in [-0.39, 0.29) is 0 Å². The van der Waals surface area contributed by atoms with Gasteiger partial charge in [-0.25, -0.2) is 0 Å². The van der Waals surface area contributed by atoms with Gasteiger partial charge in [-0.05, 0) is 25.0 Å². The Hall–Kier alpha value is -1.06. The zero-order chi connectivity index (χ0) is 12.1. The molecule has 1 saturated heterocycles. The normalized spacial score (nSPS) is 20.2. The number of para-hydroxylation sites is 1. The first-order chi connectivity index (χ1) is 8.27. The van der Waals surface area contributed by atoms with Gasteiger partial charge < -0.3 is 14.8 Å². The van der Waals surface area contributed by atoms with Gasteiger partial charge in [0, 0.05) is 19.5 Å². The van der Waals surface area contributed by atoms with Crippen molar-refractivity contribution in [2.45, 2.75) is 26.4 Å². The Bertz CT molecular complexity index is 339. The second-order valence-electron chi connectivity index (χ2n) is 4.55. The van der Waals surface area contributed by atoms with Crippen molar-refractivity contribution in [2.24, 2.45) is 0 Å². The van der Waals surface area contributed by atoms with Gasteiger partial charge in [0.25, 0.3) is 0 Å². The lowest BCUT2D eigenvalue weighted by Gasteiger charge is -2.23. The lowest BCUT2D eigenvalue weighted by molar-refractivity contribution is 0.0158. The Balaban J connectivity index is 1.81. The van der Waals surface area contributed by atoms with Gasteiger partial charge in [0.05, 0.1) is 19.3 Å². The number of morpholine rings is 1. The molecule has 2 rings (SSSR count). The van der Waals surface area contributed by atoms with Crippen molar-refractivity contribution in [2.75, 3.05) is 26.3 Å². The summed E-state index contributed by atoms with van der Waals surface area (Å²) in [6, 6.07) is 6.23. The van der Waals surface area contributed by atoms with E-state index in [1.807, 2.05) is 0 Å². The van der Waals surface area contributed by atoms with E-state index in [0.717, 1.165) is 38.5 Å². The van der Waals surface area contributed by atoms with Crippen molar-refractivity contribution in [3.05, 3.63) is 29.3 Å². The Kier molecular flexibility index (Phi) is 4.40. The Labute approximate surface area is 103 Å². The van der Waals surface area contributed by atoms with Crippen LogP contribution in [0.3, 0.4) is 0 Å². The van der Waals surface area contributed by atoms with Gasteiger partial charge in [-0.15, -0.1) is 0 Å². The van der Waals surface area contributed by atoms with Crippen LogP contribution in [0.5, 0.6) is 5.75 Å². The number of benzene rings is 1. The predicted molar refractivity (Wildman–Crippen MR) is 68.6 cm³/mol. The average molecular weight is 235 g/mol. The highest BCUT2D eigenvalue weighted by molar-refractivity contribution is 5.39. The lowest BCUT2D eigenvalue weighted by atomic mass is 10.1. The smallest absolute Gasteiger partial charge is 0.125 e. The molecule has 0 amide bonds. The first-order valence-electron chi connectivity index (χ1n) is 6.28. The van der Waals surface area contributed by atoms with Crippen LogP contribution in [0.15, 0.2) is 18.2 Å². The zero-order valence-electron chi connectivity index (χ0n) is 10.7. The number of nitrogens with one attached hydrogen (secondary N) is 1. The van der Waals surface area contributed by atoms with E-state index in [1.54, 1.807) is 0 Å². The van der Waals surface area contributed by atoms with Gasteiger partial charge in [-0.1, -0.05) is 18.2 Å². The molecule has 1 atom stereocenters. The molecule has 0 aliphatic carbocycles. The molecular formula is C14H21NO2. The summed E-state index contributed by atoms with van der Waals surface area (Å²) in [5.41, 5.74) is 2.40. The fourth-order valence-electron chi connectivity index (χ4n) is 2.12. The number of rotatable bonds is 4. The number of aryl methyl sites for hydroxylation is 2. The van der Waals surface area contributed by atoms with Crippen LogP contribution in [-0.4, -0.2) is 32.4 Å². The Morgan fingerprint density at radius 2 is 2.12 bits per heavy atom. The van der Waals surface area contributed by atoms with E-state index >= 15 is 0 Å². The lowest BCUT2D eigenvalue weighted by Crippen LogP contribution is -2.39. The van der Waals surface area contributed by atoms with Crippen LogP contribution in [0, 0.1) is 13.8 Å². The molecule has 1 N–H and O–H groups in total. The van der Waals surface area contributed by atoms with Crippen LogP contribution in [-0.2, 0) is 4.74 Å². The summed E-state index contributed by atoms with van der Waals surface area (Å²) in [7, 11) is 0. The maximum atomic E-state index is 5.86. The minimum absolute atomic E-state index is 0.299. The van der Waals surface area contributed by atoms with Gasteiger partial charge in [0.2, 0.25) is 0 Å². The molecule has 1 aromatic rings. The molecule has 1 aromatic carbocycles. The largest absolute Gasteiger partial charge is 0.493 e. The predicted octanol–water partition coefficient (Wildman–Crippen LogP) is 2.06. The highest BCUT2D eigenvalue weighted by atomic mass is 16.5. The van der Waals surface area contributed by atoms with Crippen LogP contribution in [0.25, 0.3) is 0 Å². The molecule has 1 unspecified atom stereocenters. The summed E-state index contributed by atoms with van der Waals surface area (Å²) in [5, 5.41) is 3.33.